The number of nitrogens with zero attached hydrogens (tertiary/aromatic N) is 1. The quantitative estimate of drug-likeness (QED) is 0.824. The minimum absolute atomic E-state index is 0.333. The maximum Gasteiger partial charge on any atom is 0.419 e. The number of aromatic amines is 1. The Kier molecular flexibility index (Phi) is 5.07. The zero-order chi connectivity index (χ0) is 19.8. The van der Waals surface area contributed by atoms with Crippen LogP contribution in [0.3, 0.4) is 0 Å². The number of halogens is 1. The summed E-state index contributed by atoms with van der Waals surface area (Å²) in [7, 11) is 0. The number of nitrogens with two attached hydrogens (primary N) is 1. The maximum atomic E-state index is 13.1. The van der Waals surface area contributed by atoms with Gasteiger partial charge in [0.25, 0.3) is 0 Å². The van der Waals surface area contributed by atoms with E-state index in [0.717, 1.165) is 28.6 Å². The molecular weight excluding hydrogens is 362 g/mol. The van der Waals surface area contributed by atoms with Crippen molar-refractivity contribution in [3.05, 3.63) is 56.4 Å². The summed E-state index contributed by atoms with van der Waals surface area (Å²) in [6.07, 6.45) is 8.58. The lowest BCUT2D eigenvalue weighted by molar-refractivity contribution is 0.0531. The molecule has 1 aliphatic rings. The summed E-state index contributed by atoms with van der Waals surface area (Å²) in [5.74, 6) is 0. The van der Waals surface area contributed by atoms with Crippen LogP contribution in [0.2, 0.25) is 0 Å². The van der Waals surface area contributed by atoms with Crippen molar-refractivity contribution in [3.8, 4) is 0 Å². The fourth-order valence-corrected chi connectivity index (χ4v) is 3.37. The van der Waals surface area contributed by atoms with Gasteiger partial charge in [0.05, 0.1) is 16.1 Å². The number of allylic oxidation sites excluding steroid dienone is 1. The molecule has 2 heterocycles. The van der Waals surface area contributed by atoms with Crippen molar-refractivity contribution in [2.75, 3.05) is 0 Å². The van der Waals surface area contributed by atoms with Crippen molar-refractivity contribution in [2.24, 2.45) is 5.73 Å². The van der Waals surface area contributed by atoms with Gasteiger partial charge in [0.1, 0.15) is 5.60 Å². The van der Waals surface area contributed by atoms with E-state index in [1.165, 1.54) is 6.20 Å². The molecule has 0 amide bonds. The number of carbonyl (C=O) groups is 1. The summed E-state index contributed by atoms with van der Waals surface area (Å²) in [5.41, 5.74) is 6.36. The SMILES string of the molecule is C=c1[nH]cc/c1=C(/C(Cl)=C\N)c1cc2c(n1C(=O)OC(C)(C)C)=CCCC=2. The van der Waals surface area contributed by atoms with E-state index in [2.05, 4.69) is 17.6 Å². The van der Waals surface area contributed by atoms with Crippen LogP contribution in [0.25, 0.3) is 24.3 Å². The molecule has 142 valence electrons. The largest absolute Gasteiger partial charge is 0.443 e. The first-order chi connectivity index (χ1) is 12.7. The molecule has 0 aliphatic heterocycles. The first-order valence-electron chi connectivity index (χ1n) is 8.83. The van der Waals surface area contributed by atoms with E-state index in [0.29, 0.717) is 21.6 Å². The van der Waals surface area contributed by atoms with Crippen molar-refractivity contribution >= 4 is 42.0 Å². The first kappa shape index (κ1) is 19.1. The van der Waals surface area contributed by atoms with Gasteiger partial charge in [-0.1, -0.05) is 30.3 Å². The second-order valence-electron chi connectivity index (χ2n) is 7.43. The predicted molar refractivity (Wildman–Crippen MR) is 110 cm³/mol. The average Bonchev–Trinajstić information content (AvgIpc) is 3.17. The lowest BCUT2D eigenvalue weighted by Crippen LogP contribution is -2.38. The summed E-state index contributed by atoms with van der Waals surface area (Å²) in [5, 5.41) is 3.58. The Bertz CT molecular complexity index is 1140. The molecule has 0 spiro atoms. The summed E-state index contributed by atoms with van der Waals surface area (Å²) < 4.78 is 7.23. The molecule has 0 bridgehead atoms. The standard InChI is InChI=1S/C21H24ClN3O2/c1-13-15(9-10-24-13)19(16(22)12-23)18-11-14-7-5-6-8-17(14)25(18)20(26)27-21(2,3)4/h7-12,24H,1,5-6,23H2,2-4H3/b16-12+,19-15+. The van der Waals surface area contributed by atoms with Crippen molar-refractivity contribution in [3.63, 3.8) is 0 Å². The van der Waals surface area contributed by atoms with Crippen LogP contribution in [0.5, 0.6) is 0 Å². The molecule has 0 saturated heterocycles. The van der Waals surface area contributed by atoms with Crippen LogP contribution < -0.4 is 26.9 Å². The molecule has 6 heteroatoms. The van der Waals surface area contributed by atoms with Gasteiger partial charge in [-0.15, -0.1) is 0 Å². The van der Waals surface area contributed by atoms with Crippen LogP contribution in [0.1, 0.15) is 39.3 Å². The Balaban J connectivity index is 2.41. The number of nitrogens with one attached hydrogen (secondary N) is 1. The monoisotopic (exact) mass is 385 g/mol. The molecule has 2 aromatic rings. The van der Waals surface area contributed by atoms with Gasteiger partial charge in [-0.2, -0.15) is 0 Å². The van der Waals surface area contributed by atoms with Crippen LogP contribution in [0, 0.1) is 0 Å². The van der Waals surface area contributed by atoms with Gasteiger partial charge in [0, 0.05) is 28.5 Å². The lowest BCUT2D eigenvalue weighted by atomic mass is 10.1. The smallest absolute Gasteiger partial charge is 0.419 e. The fourth-order valence-electron chi connectivity index (χ4n) is 3.17. The minimum atomic E-state index is -0.622. The number of hydrogen-bond donors (Lipinski definition) is 2. The highest BCUT2D eigenvalue weighted by Gasteiger charge is 2.24. The average molecular weight is 386 g/mol. The normalized spacial score (nSPS) is 15.5. The highest BCUT2D eigenvalue weighted by Crippen LogP contribution is 2.22. The molecule has 0 fully saturated rings. The van der Waals surface area contributed by atoms with Crippen molar-refractivity contribution in [1.82, 2.24) is 9.55 Å². The van der Waals surface area contributed by atoms with E-state index in [4.69, 9.17) is 22.1 Å². The van der Waals surface area contributed by atoms with Gasteiger partial charge in [-0.3, -0.25) is 0 Å². The zero-order valence-corrected chi connectivity index (χ0v) is 16.6. The third-order valence-corrected chi connectivity index (χ3v) is 4.57. The number of rotatable bonds is 2. The van der Waals surface area contributed by atoms with E-state index < -0.39 is 11.7 Å². The van der Waals surface area contributed by atoms with E-state index in [9.17, 15) is 4.79 Å². The molecule has 2 aromatic heterocycles. The second kappa shape index (κ2) is 7.16. The van der Waals surface area contributed by atoms with Gasteiger partial charge in [0.15, 0.2) is 0 Å². The number of ether oxygens (including phenoxy) is 1. The third-order valence-electron chi connectivity index (χ3n) is 4.26. The summed E-state index contributed by atoms with van der Waals surface area (Å²) >= 11 is 6.47. The maximum absolute atomic E-state index is 13.1. The van der Waals surface area contributed by atoms with Gasteiger partial charge < -0.3 is 15.5 Å². The minimum Gasteiger partial charge on any atom is -0.443 e. The van der Waals surface area contributed by atoms with Crippen molar-refractivity contribution in [1.29, 1.82) is 0 Å². The van der Waals surface area contributed by atoms with Crippen LogP contribution in [-0.4, -0.2) is 21.2 Å². The predicted octanol–water partition coefficient (Wildman–Crippen LogP) is 1.60. The van der Waals surface area contributed by atoms with Crippen molar-refractivity contribution < 1.29 is 9.53 Å². The van der Waals surface area contributed by atoms with E-state index in [-0.39, 0.29) is 0 Å². The Labute approximate surface area is 162 Å². The van der Waals surface area contributed by atoms with Crippen LogP contribution in [0.4, 0.5) is 4.79 Å². The molecule has 0 unspecified atom stereocenters. The van der Waals surface area contributed by atoms with Crippen molar-refractivity contribution in [2.45, 2.75) is 39.2 Å². The molecule has 0 saturated carbocycles. The molecule has 3 rings (SSSR count). The number of fused-ring (bicyclic) bond motifs is 1. The summed E-state index contributed by atoms with van der Waals surface area (Å²) in [6.45, 7) is 9.54. The fraction of sp³-hybridized carbons (Fsp3) is 0.286. The Morgan fingerprint density at radius 2 is 2.07 bits per heavy atom. The molecule has 5 nitrogen and oxygen atoms in total. The molecule has 0 aromatic carbocycles. The van der Waals surface area contributed by atoms with E-state index in [1.54, 1.807) is 10.8 Å². The highest BCUT2D eigenvalue weighted by molar-refractivity contribution is 6.36. The zero-order valence-electron chi connectivity index (χ0n) is 15.8. The molecule has 0 atom stereocenters. The third kappa shape index (κ3) is 3.74. The van der Waals surface area contributed by atoms with Gasteiger partial charge in [0.2, 0.25) is 0 Å². The number of carbonyl (C=O) groups excluding carboxylic acids is 1. The summed E-state index contributed by atoms with van der Waals surface area (Å²) in [6, 6.07) is 3.81. The lowest BCUT2D eigenvalue weighted by Gasteiger charge is -2.21. The Morgan fingerprint density at radius 3 is 2.67 bits per heavy atom. The van der Waals surface area contributed by atoms with Crippen LogP contribution >= 0.6 is 11.6 Å². The Morgan fingerprint density at radius 1 is 1.37 bits per heavy atom. The highest BCUT2D eigenvalue weighted by atomic mass is 35.5. The molecule has 1 aliphatic carbocycles. The van der Waals surface area contributed by atoms with E-state index >= 15 is 0 Å². The molecule has 27 heavy (non-hydrogen) atoms. The molecule has 3 N–H and O–H groups in total. The van der Waals surface area contributed by atoms with Crippen LogP contribution in [0.15, 0.2) is 29.6 Å². The molecule has 0 radical (unpaired) electrons. The first-order valence-corrected chi connectivity index (χ1v) is 9.21. The van der Waals surface area contributed by atoms with Gasteiger partial charge in [-0.05, 0) is 51.0 Å². The number of H-pyrrole nitrogens is 1. The van der Waals surface area contributed by atoms with E-state index in [1.807, 2.05) is 39.0 Å². The van der Waals surface area contributed by atoms with Crippen LogP contribution in [-0.2, 0) is 4.74 Å². The topological polar surface area (TPSA) is 73.0 Å². The number of aromatic nitrogens is 2. The molecular formula is C21H24ClN3O2. The van der Waals surface area contributed by atoms with Gasteiger partial charge in [-0.25, -0.2) is 9.36 Å². The second-order valence-corrected chi connectivity index (χ2v) is 7.84. The Hall–Kier alpha value is -2.66. The number of hydrogen-bond acceptors (Lipinski definition) is 3. The summed E-state index contributed by atoms with van der Waals surface area (Å²) in [4.78, 5) is 16.1. The van der Waals surface area contributed by atoms with Gasteiger partial charge >= 0.3 is 6.09 Å².